The Morgan fingerprint density at radius 2 is 2.25 bits per heavy atom. The maximum atomic E-state index is 5.38. The topological polar surface area (TPSA) is 15.3 Å². The third kappa shape index (κ3) is 2.42. The molecule has 0 aromatic carbocycles. The monoisotopic (exact) mass is 220 g/mol. The van der Waals surface area contributed by atoms with Crippen LogP contribution in [0.25, 0.3) is 0 Å². The van der Waals surface area contributed by atoms with Gasteiger partial charge in [0.2, 0.25) is 0 Å². The molecular weight excluding hydrogens is 196 g/mol. The Morgan fingerprint density at radius 3 is 2.81 bits per heavy atom. The molecule has 1 aliphatic heterocycles. The molecule has 2 atom stereocenters. The Morgan fingerprint density at radius 1 is 1.50 bits per heavy atom. The van der Waals surface area contributed by atoms with Crippen LogP contribution in [0.3, 0.4) is 0 Å². The van der Waals surface area contributed by atoms with Crippen LogP contribution in [-0.4, -0.2) is 36.1 Å². The normalized spacial score (nSPS) is 35.9. The van der Waals surface area contributed by atoms with E-state index in [9.17, 15) is 0 Å². The Bertz CT molecular complexity index is 277. The van der Waals surface area contributed by atoms with E-state index in [1.54, 1.807) is 0 Å². The van der Waals surface area contributed by atoms with E-state index < -0.39 is 0 Å². The lowest BCUT2D eigenvalue weighted by Gasteiger charge is -2.46. The molecule has 0 radical (unpaired) electrons. The van der Waals surface area contributed by atoms with E-state index in [4.69, 9.17) is 6.42 Å². The van der Waals surface area contributed by atoms with Crippen molar-refractivity contribution in [1.82, 2.24) is 10.2 Å². The van der Waals surface area contributed by atoms with Crippen molar-refractivity contribution in [3.63, 3.8) is 0 Å². The summed E-state index contributed by atoms with van der Waals surface area (Å²) < 4.78 is 0. The predicted octanol–water partition coefficient (Wildman–Crippen LogP) is 1.86. The summed E-state index contributed by atoms with van der Waals surface area (Å²) in [5, 5.41) is 3.77. The molecule has 0 bridgehead atoms. The van der Waals surface area contributed by atoms with Crippen molar-refractivity contribution in [2.24, 2.45) is 5.92 Å². The van der Waals surface area contributed by atoms with Crippen LogP contribution in [0.4, 0.5) is 0 Å². The van der Waals surface area contributed by atoms with Gasteiger partial charge in [-0.2, -0.15) is 0 Å². The van der Waals surface area contributed by atoms with Gasteiger partial charge in [0.05, 0.1) is 0 Å². The van der Waals surface area contributed by atoms with Crippen LogP contribution in [0.2, 0.25) is 0 Å². The number of terminal acetylenes is 1. The number of nitrogens with one attached hydrogen (secondary N) is 1. The third-order valence-corrected chi connectivity index (χ3v) is 4.28. The van der Waals surface area contributed by atoms with Gasteiger partial charge in [0.1, 0.15) is 0 Å². The van der Waals surface area contributed by atoms with E-state index in [0.717, 1.165) is 25.4 Å². The zero-order valence-corrected chi connectivity index (χ0v) is 10.6. The first kappa shape index (κ1) is 12.0. The van der Waals surface area contributed by atoms with Crippen molar-refractivity contribution in [1.29, 1.82) is 0 Å². The van der Waals surface area contributed by atoms with Gasteiger partial charge in [-0.05, 0) is 32.1 Å². The lowest BCUT2D eigenvalue weighted by Crippen LogP contribution is -2.63. The summed E-state index contributed by atoms with van der Waals surface area (Å²) in [6.07, 6.45) is 10.3. The van der Waals surface area contributed by atoms with Gasteiger partial charge in [0, 0.05) is 37.6 Å². The van der Waals surface area contributed by atoms with E-state index in [1.165, 1.54) is 25.8 Å². The lowest BCUT2D eigenvalue weighted by atomic mass is 9.90. The van der Waals surface area contributed by atoms with Crippen LogP contribution in [0.15, 0.2) is 0 Å². The summed E-state index contributed by atoms with van der Waals surface area (Å²) in [6, 6.07) is 0.681. The molecule has 0 amide bonds. The molecular formula is C14H24N2. The summed E-state index contributed by atoms with van der Waals surface area (Å²) in [6.45, 7) is 8.04. The molecule has 1 aliphatic carbocycles. The molecule has 0 aromatic heterocycles. The molecule has 2 aliphatic rings. The van der Waals surface area contributed by atoms with Gasteiger partial charge in [0.25, 0.3) is 0 Å². The summed E-state index contributed by atoms with van der Waals surface area (Å²) in [5.74, 6) is 3.67. The van der Waals surface area contributed by atoms with E-state index in [1.807, 2.05) is 0 Å². The molecule has 16 heavy (non-hydrogen) atoms. The highest BCUT2D eigenvalue weighted by molar-refractivity contribution is 5.04. The minimum absolute atomic E-state index is 0.347. The van der Waals surface area contributed by atoms with E-state index in [-0.39, 0.29) is 0 Å². The van der Waals surface area contributed by atoms with Crippen molar-refractivity contribution in [2.75, 3.05) is 19.6 Å². The number of rotatable bonds is 4. The number of hydrogen-bond donors (Lipinski definition) is 1. The minimum Gasteiger partial charge on any atom is -0.308 e. The van der Waals surface area contributed by atoms with Crippen molar-refractivity contribution < 1.29 is 0 Å². The smallest absolute Gasteiger partial charge is 0.0309 e. The fourth-order valence-electron chi connectivity index (χ4n) is 2.95. The fourth-order valence-corrected chi connectivity index (χ4v) is 2.95. The second kappa shape index (κ2) is 4.77. The molecule has 90 valence electrons. The molecule has 1 saturated carbocycles. The fraction of sp³-hybridized carbons (Fsp3) is 0.857. The molecule has 1 saturated heterocycles. The highest BCUT2D eigenvalue weighted by atomic mass is 15.3. The number of hydrogen-bond acceptors (Lipinski definition) is 2. The minimum atomic E-state index is 0.347. The summed E-state index contributed by atoms with van der Waals surface area (Å²) in [4.78, 5) is 2.61. The average molecular weight is 220 g/mol. The summed E-state index contributed by atoms with van der Waals surface area (Å²) in [7, 11) is 0. The van der Waals surface area contributed by atoms with Gasteiger partial charge in [-0.3, -0.25) is 4.90 Å². The van der Waals surface area contributed by atoms with Crippen molar-refractivity contribution in [3.05, 3.63) is 0 Å². The second-order valence-electron chi connectivity index (χ2n) is 5.56. The number of piperazine rings is 1. The second-order valence-corrected chi connectivity index (χ2v) is 5.56. The molecule has 2 heteroatoms. The van der Waals surface area contributed by atoms with Crippen LogP contribution < -0.4 is 5.32 Å². The first-order valence-electron chi connectivity index (χ1n) is 6.62. The van der Waals surface area contributed by atoms with Gasteiger partial charge in [-0.15, -0.1) is 12.3 Å². The van der Waals surface area contributed by atoms with Gasteiger partial charge in [0.15, 0.2) is 0 Å². The van der Waals surface area contributed by atoms with Crippen LogP contribution >= 0.6 is 0 Å². The average Bonchev–Trinajstić information content (AvgIpc) is 3.10. The predicted molar refractivity (Wildman–Crippen MR) is 68.2 cm³/mol. The SMILES string of the molecule is C#CCCN1CC(C)(C2CC2)NCC1CC. The van der Waals surface area contributed by atoms with E-state index in [0.29, 0.717) is 11.6 Å². The third-order valence-electron chi connectivity index (χ3n) is 4.28. The Hall–Kier alpha value is -0.520. The molecule has 2 unspecified atom stereocenters. The van der Waals surface area contributed by atoms with Crippen LogP contribution in [0, 0.1) is 18.3 Å². The Kier molecular flexibility index (Phi) is 3.56. The van der Waals surface area contributed by atoms with Gasteiger partial charge in [-0.25, -0.2) is 0 Å². The maximum Gasteiger partial charge on any atom is 0.0309 e. The Balaban J connectivity index is 1.97. The summed E-state index contributed by atoms with van der Waals surface area (Å²) in [5.41, 5.74) is 0.347. The molecule has 1 N–H and O–H groups in total. The van der Waals surface area contributed by atoms with Gasteiger partial charge >= 0.3 is 0 Å². The van der Waals surface area contributed by atoms with Crippen molar-refractivity contribution in [2.45, 2.75) is 51.1 Å². The van der Waals surface area contributed by atoms with Gasteiger partial charge < -0.3 is 5.32 Å². The zero-order valence-electron chi connectivity index (χ0n) is 10.6. The number of nitrogens with zero attached hydrogens (tertiary/aromatic N) is 1. The van der Waals surface area contributed by atoms with Gasteiger partial charge in [-0.1, -0.05) is 6.92 Å². The first-order valence-corrected chi connectivity index (χ1v) is 6.62. The first-order chi connectivity index (χ1) is 7.69. The van der Waals surface area contributed by atoms with E-state index >= 15 is 0 Å². The highest BCUT2D eigenvalue weighted by Crippen LogP contribution is 2.41. The quantitative estimate of drug-likeness (QED) is 0.728. The standard InChI is InChI=1S/C14H24N2/c1-4-6-9-16-11-14(3,12-7-8-12)15-10-13(16)5-2/h1,12-13,15H,5-11H2,2-3H3. The van der Waals surface area contributed by atoms with E-state index in [2.05, 4.69) is 30.0 Å². The molecule has 0 aromatic rings. The molecule has 0 spiro atoms. The molecule has 1 heterocycles. The van der Waals surface area contributed by atoms with Crippen molar-refractivity contribution in [3.8, 4) is 12.3 Å². The zero-order chi connectivity index (χ0) is 11.6. The molecule has 2 fully saturated rings. The van der Waals surface area contributed by atoms with Crippen LogP contribution in [-0.2, 0) is 0 Å². The molecule has 2 rings (SSSR count). The lowest BCUT2D eigenvalue weighted by molar-refractivity contribution is 0.0750. The highest BCUT2D eigenvalue weighted by Gasteiger charge is 2.45. The molecule has 2 nitrogen and oxygen atoms in total. The van der Waals surface area contributed by atoms with Crippen LogP contribution in [0.5, 0.6) is 0 Å². The maximum absolute atomic E-state index is 5.38. The Labute approximate surface area is 99.8 Å². The largest absolute Gasteiger partial charge is 0.308 e. The summed E-state index contributed by atoms with van der Waals surface area (Å²) >= 11 is 0. The van der Waals surface area contributed by atoms with Crippen molar-refractivity contribution >= 4 is 0 Å². The van der Waals surface area contributed by atoms with Crippen LogP contribution in [0.1, 0.15) is 39.5 Å².